The molecule has 0 unspecified atom stereocenters. The lowest BCUT2D eigenvalue weighted by Crippen LogP contribution is -2.40. The summed E-state index contributed by atoms with van der Waals surface area (Å²) in [7, 11) is 5.66. The van der Waals surface area contributed by atoms with Crippen LogP contribution in [0.25, 0.3) is 0 Å². The molecule has 1 aliphatic heterocycles. The number of benzene rings is 1. The van der Waals surface area contributed by atoms with Crippen LogP contribution in [-0.2, 0) is 6.54 Å². The van der Waals surface area contributed by atoms with Gasteiger partial charge in [-0.25, -0.2) is 0 Å². The van der Waals surface area contributed by atoms with Crippen molar-refractivity contribution in [2.45, 2.75) is 18.7 Å². The van der Waals surface area contributed by atoms with Gasteiger partial charge in [-0.05, 0) is 31.8 Å². The van der Waals surface area contributed by atoms with E-state index < -0.39 is 0 Å². The summed E-state index contributed by atoms with van der Waals surface area (Å²) in [5, 5.41) is 12.7. The predicted molar refractivity (Wildman–Crippen MR) is 78.6 cm³/mol. The first-order chi connectivity index (χ1) is 9.51. The third-order valence-electron chi connectivity index (χ3n) is 3.86. The molecule has 1 aromatic rings. The van der Waals surface area contributed by atoms with Crippen molar-refractivity contribution in [2.24, 2.45) is 0 Å². The fourth-order valence-electron chi connectivity index (χ4n) is 2.75. The predicted octanol–water partition coefficient (Wildman–Crippen LogP) is 0.153. The highest BCUT2D eigenvalue weighted by molar-refractivity contribution is 5.94. The van der Waals surface area contributed by atoms with E-state index in [1.807, 2.05) is 32.3 Å². The highest BCUT2D eigenvalue weighted by Crippen LogP contribution is 2.16. The van der Waals surface area contributed by atoms with Crippen LogP contribution in [0.3, 0.4) is 0 Å². The SMILES string of the molecule is CNC(=O)c1cccc(CN(C)[C@@H]2CN(C)C[C@H]2O)c1. The third-order valence-corrected chi connectivity index (χ3v) is 3.86. The zero-order valence-electron chi connectivity index (χ0n) is 12.3. The molecule has 2 rings (SSSR count). The standard InChI is InChI=1S/C15H23N3O2/c1-16-15(20)12-6-4-5-11(7-12)8-18(3)13-9-17(2)10-14(13)19/h4-7,13-14,19H,8-10H2,1-3H3,(H,16,20)/t13-,14-/m1/s1. The Bertz CT molecular complexity index is 478. The summed E-state index contributed by atoms with van der Waals surface area (Å²) in [5.41, 5.74) is 1.75. The maximum absolute atomic E-state index is 11.6. The molecule has 1 saturated heterocycles. The van der Waals surface area contributed by atoms with Gasteiger partial charge in [-0.1, -0.05) is 12.1 Å². The van der Waals surface area contributed by atoms with Crippen molar-refractivity contribution in [1.82, 2.24) is 15.1 Å². The number of aliphatic hydroxyl groups excluding tert-OH is 1. The molecular weight excluding hydrogens is 254 g/mol. The molecule has 0 bridgehead atoms. The van der Waals surface area contributed by atoms with Crippen LogP contribution in [0.5, 0.6) is 0 Å². The number of aliphatic hydroxyl groups is 1. The minimum absolute atomic E-state index is 0.0739. The van der Waals surface area contributed by atoms with Crippen molar-refractivity contribution in [3.05, 3.63) is 35.4 Å². The van der Waals surface area contributed by atoms with Crippen LogP contribution in [0.4, 0.5) is 0 Å². The van der Waals surface area contributed by atoms with Gasteiger partial charge in [0.1, 0.15) is 0 Å². The molecule has 20 heavy (non-hydrogen) atoms. The molecule has 1 amide bonds. The molecule has 1 heterocycles. The summed E-state index contributed by atoms with van der Waals surface area (Å²) in [4.78, 5) is 15.9. The number of hydrogen-bond donors (Lipinski definition) is 2. The van der Waals surface area contributed by atoms with Crippen LogP contribution in [-0.4, -0.2) is 67.2 Å². The highest BCUT2D eigenvalue weighted by atomic mass is 16.3. The molecule has 0 radical (unpaired) electrons. The van der Waals surface area contributed by atoms with Gasteiger partial charge in [0.05, 0.1) is 6.10 Å². The second-order valence-electron chi connectivity index (χ2n) is 5.55. The molecule has 0 aromatic heterocycles. The molecular formula is C15H23N3O2. The number of rotatable bonds is 4. The Labute approximate surface area is 120 Å². The zero-order valence-corrected chi connectivity index (χ0v) is 12.3. The van der Waals surface area contributed by atoms with Crippen LogP contribution in [0.1, 0.15) is 15.9 Å². The first-order valence-electron chi connectivity index (χ1n) is 6.89. The summed E-state index contributed by atoms with van der Waals surface area (Å²) < 4.78 is 0. The Morgan fingerprint density at radius 2 is 2.25 bits per heavy atom. The number of likely N-dealkylation sites (tertiary alicyclic amines) is 1. The Morgan fingerprint density at radius 1 is 1.50 bits per heavy atom. The van der Waals surface area contributed by atoms with E-state index in [0.29, 0.717) is 12.1 Å². The van der Waals surface area contributed by atoms with Crippen LogP contribution in [0.2, 0.25) is 0 Å². The maximum atomic E-state index is 11.6. The minimum atomic E-state index is -0.313. The average Bonchev–Trinajstić information content (AvgIpc) is 2.77. The van der Waals surface area contributed by atoms with E-state index in [4.69, 9.17) is 0 Å². The fourth-order valence-corrected chi connectivity index (χ4v) is 2.75. The van der Waals surface area contributed by atoms with Crippen molar-refractivity contribution < 1.29 is 9.90 Å². The van der Waals surface area contributed by atoms with Crippen LogP contribution < -0.4 is 5.32 Å². The summed E-state index contributed by atoms with van der Waals surface area (Å²) >= 11 is 0. The monoisotopic (exact) mass is 277 g/mol. The quantitative estimate of drug-likeness (QED) is 0.823. The van der Waals surface area contributed by atoms with E-state index in [9.17, 15) is 9.90 Å². The maximum Gasteiger partial charge on any atom is 0.251 e. The first kappa shape index (κ1) is 15.0. The second-order valence-corrected chi connectivity index (χ2v) is 5.55. The molecule has 0 saturated carbocycles. The third kappa shape index (κ3) is 3.36. The van der Waals surface area contributed by atoms with E-state index in [1.54, 1.807) is 13.1 Å². The molecule has 1 aliphatic rings. The van der Waals surface area contributed by atoms with Crippen molar-refractivity contribution in [3.8, 4) is 0 Å². The molecule has 0 spiro atoms. The van der Waals surface area contributed by atoms with Gasteiger partial charge in [-0.15, -0.1) is 0 Å². The Morgan fingerprint density at radius 3 is 2.85 bits per heavy atom. The van der Waals surface area contributed by atoms with Crippen LogP contribution in [0, 0.1) is 0 Å². The number of carbonyl (C=O) groups excluding carboxylic acids is 1. The zero-order chi connectivity index (χ0) is 14.7. The summed E-state index contributed by atoms with van der Waals surface area (Å²) in [5.74, 6) is -0.0739. The lowest BCUT2D eigenvalue weighted by molar-refractivity contribution is 0.0943. The molecule has 0 aliphatic carbocycles. The summed E-state index contributed by atoms with van der Waals surface area (Å²) in [6.45, 7) is 2.31. The minimum Gasteiger partial charge on any atom is -0.390 e. The summed E-state index contributed by atoms with van der Waals surface area (Å²) in [6, 6.07) is 7.75. The molecule has 110 valence electrons. The number of nitrogens with one attached hydrogen (secondary N) is 1. The number of likely N-dealkylation sites (N-methyl/N-ethyl adjacent to an activating group) is 2. The number of nitrogens with zero attached hydrogens (tertiary/aromatic N) is 2. The van der Waals surface area contributed by atoms with Crippen molar-refractivity contribution in [3.63, 3.8) is 0 Å². The molecule has 5 heteroatoms. The fraction of sp³-hybridized carbons (Fsp3) is 0.533. The number of amides is 1. The molecule has 5 nitrogen and oxygen atoms in total. The van der Waals surface area contributed by atoms with Gasteiger partial charge in [0.25, 0.3) is 5.91 Å². The molecule has 1 fully saturated rings. The normalized spacial score (nSPS) is 23.2. The van der Waals surface area contributed by atoms with Crippen molar-refractivity contribution in [2.75, 3.05) is 34.2 Å². The lowest BCUT2D eigenvalue weighted by Gasteiger charge is -2.26. The molecule has 2 atom stereocenters. The Kier molecular flexibility index (Phi) is 4.75. The molecule has 1 aromatic carbocycles. The largest absolute Gasteiger partial charge is 0.390 e. The van der Waals surface area contributed by atoms with Gasteiger partial charge < -0.3 is 15.3 Å². The Hall–Kier alpha value is -1.43. The van der Waals surface area contributed by atoms with E-state index in [-0.39, 0.29) is 18.1 Å². The van der Waals surface area contributed by atoms with Gasteiger partial charge in [0, 0.05) is 38.3 Å². The van der Waals surface area contributed by atoms with Gasteiger partial charge in [0.2, 0.25) is 0 Å². The Balaban J connectivity index is 2.04. The van der Waals surface area contributed by atoms with E-state index in [0.717, 1.165) is 18.7 Å². The van der Waals surface area contributed by atoms with E-state index in [1.165, 1.54) is 0 Å². The van der Waals surface area contributed by atoms with Crippen molar-refractivity contribution in [1.29, 1.82) is 0 Å². The topological polar surface area (TPSA) is 55.8 Å². The number of carbonyl (C=O) groups is 1. The van der Waals surface area contributed by atoms with Gasteiger partial charge in [-0.3, -0.25) is 9.69 Å². The van der Waals surface area contributed by atoms with E-state index >= 15 is 0 Å². The first-order valence-corrected chi connectivity index (χ1v) is 6.89. The highest BCUT2D eigenvalue weighted by Gasteiger charge is 2.31. The number of β-amino-alcohol motifs (C(OH)–C–C–N with tert-alkyl or cyclic N) is 1. The summed E-state index contributed by atoms with van der Waals surface area (Å²) in [6.07, 6.45) is -0.313. The van der Waals surface area contributed by atoms with E-state index in [2.05, 4.69) is 15.1 Å². The van der Waals surface area contributed by atoms with Gasteiger partial charge in [-0.2, -0.15) is 0 Å². The van der Waals surface area contributed by atoms with Crippen LogP contribution >= 0.6 is 0 Å². The average molecular weight is 277 g/mol. The number of hydrogen-bond acceptors (Lipinski definition) is 4. The smallest absolute Gasteiger partial charge is 0.251 e. The molecule has 2 N–H and O–H groups in total. The lowest BCUT2D eigenvalue weighted by atomic mass is 10.1. The van der Waals surface area contributed by atoms with Gasteiger partial charge >= 0.3 is 0 Å². The van der Waals surface area contributed by atoms with Gasteiger partial charge in [0.15, 0.2) is 0 Å². The van der Waals surface area contributed by atoms with Crippen LogP contribution in [0.15, 0.2) is 24.3 Å². The second kappa shape index (κ2) is 6.35. The van der Waals surface area contributed by atoms with Crippen molar-refractivity contribution >= 4 is 5.91 Å².